The van der Waals surface area contributed by atoms with Crippen molar-refractivity contribution in [1.82, 2.24) is 14.9 Å². The number of hydrogen-bond acceptors (Lipinski definition) is 5. The molecule has 0 spiro atoms. The average Bonchev–Trinajstić information content (AvgIpc) is 2.99. The average molecular weight is 465 g/mol. The van der Waals surface area contributed by atoms with Crippen molar-refractivity contribution in [2.45, 2.75) is 34.1 Å². The Morgan fingerprint density at radius 2 is 1.90 bits per heavy atom. The summed E-state index contributed by atoms with van der Waals surface area (Å²) in [6.07, 6.45) is 0.725. The molecule has 2 heterocycles. The van der Waals surface area contributed by atoms with Crippen molar-refractivity contribution < 1.29 is 9.59 Å². The molecule has 0 saturated heterocycles. The predicted octanol–water partition coefficient (Wildman–Crippen LogP) is 5.41. The van der Waals surface area contributed by atoms with Crippen LogP contribution in [0.15, 0.2) is 18.2 Å². The molecule has 0 saturated carbocycles. The SMILES string of the molecule is CCCN(CC(=O)Nc1ccc(Cl)cc1Cl)C(=O)c1sc2nc(C)nc(C)c2c1C. The van der Waals surface area contributed by atoms with Gasteiger partial charge in [-0.1, -0.05) is 30.1 Å². The zero-order chi connectivity index (χ0) is 22.0. The van der Waals surface area contributed by atoms with Gasteiger partial charge in [-0.05, 0) is 51.0 Å². The van der Waals surface area contributed by atoms with Crippen LogP contribution in [0, 0.1) is 20.8 Å². The number of aryl methyl sites for hydroxylation is 3. The second-order valence-corrected chi connectivity index (χ2v) is 8.83. The van der Waals surface area contributed by atoms with Crippen molar-refractivity contribution in [3.8, 4) is 0 Å². The molecule has 1 N–H and O–H groups in total. The fourth-order valence-electron chi connectivity index (χ4n) is 3.30. The lowest BCUT2D eigenvalue weighted by Crippen LogP contribution is -2.38. The molecule has 0 radical (unpaired) electrons. The van der Waals surface area contributed by atoms with Crippen LogP contribution in [-0.2, 0) is 4.79 Å². The third-order valence-electron chi connectivity index (χ3n) is 4.60. The van der Waals surface area contributed by atoms with E-state index in [-0.39, 0.29) is 18.4 Å². The summed E-state index contributed by atoms with van der Waals surface area (Å²) in [6, 6.07) is 4.83. The molecule has 2 aromatic heterocycles. The minimum Gasteiger partial charge on any atom is -0.329 e. The largest absolute Gasteiger partial charge is 0.329 e. The molecule has 0 bridgehead atoms. The number of nitrogens with one attached hydrogen (secondary N) is 1. The van der Waals surface area contributed by atoms with Gasteiger partial charge in [-0.15, -0.1) is 11.3 Å². The van der Waals surface area contributed by atoms with E-state index in [4.69, 9.17) is 23.2 Å². The standard InChI is InChI=1S/C21H22Cl2N4O2S/c1-5-8-27(10-17(28)26-16-7-6-14(22)9-15(16)23)21(29)19-11(2)18-12(3)24-13(4)25-20(18)30-19/h6-7,9H,5,8,10H2,1-4H3,(H,26,28). The van der Waals surface area contributed by atoms with Gasteiger partial charge in [-0.3, -0.25) is 9.59 Å². The molecule has 6 nitrogen and oxygen atoms in total. The quantitative estimate of drug-likeness (QED) is 0.528. The first-order valence-electron chi connectivity index (χ1n) is 9.49. The predicted molar refractivity (Wildman–Crippen MR) is 123 cm³/mol. The Labute approximate surface area is 189 Å². The summed E-state index contributed by atoms with van der Waals surface area (Å²) in [5.41, 5.74) is 2.15. The first-order chi connectivity index (χ1) is 14.2. The summed E-state index contributed by atoms with van der Waals surface area (Å²) in [5.74, 6) is 0.156. The van der Waals surface area contributed by atoms with Gasteiger partial charge in [0.05, 0.1) is 15.6 Å². The number of benzene rings is 1. The summed E-state index contributed by atoms with van der Waals surface area (Å²) >= 11 is 13.4. The zero-order valence-electron chi connectivity index (χ0n) is 17.2. The minimum absolute atomic E-state index is 0.0804. The maximum absolute atomic E-state index is 13.3. The summed E-state index contributed by atoms with van der Waals surface area (Å²) in [6.45, 7) is 7.98. The van der Waals surface area contributed by atoms with Gasteiger partial charge in [-0.2, -0.15) is 0 Å². The highest BCUT2D eigenvalue weighted by Gasteiger charge is 2.24. The highest BCUT2D eigenvalue weighted by atomic mass is 35.5. The van der Waals surface area contributed by atoms with Crippen LogP contribution in [0.3, 0.4) is 0 Å². The molecule has 0 aliphatic heterocycles. The number of nitrogens with zero attached hydrogens (tertiary/aromatic N) is 3. The highest BCUT2D eigenvalue weighted by Crippen LogP contribution is 2.32. The number of halogens is 2. The molecule has 0 atom stereocenters. The van der Waals surface area contributed by atoms with Gasteiger partial charge in [-0.25, -0.2) is 9.97 Å². The third-order valence-corrected chi connectivity index (χ3v) is 6.32. The van der Waals surface area contributed by atoms with E-state index in [0.717, 1.165) is 27.9 Å². The Hall–Kier alpha value is -2.22. The normalized spacial score (nSPS) is 11.0. The topological polar surface area (TPSA) is 75.2 Å². The first-order valence-corrected chi connectivity index (χ1v) is 11.1. The number of carbonyl (C=O) groups excluding carboxylic acids is 2. The number of carbonyl (C=O) groups is 2. The van der Waals surface area contributed by atoms with Crippen molar-refractivity contribution in [1.29, 1.82) is 0 Å². The molecule has 2 amide bonds. The number of amides is 2. The minimum atomic E-state index is -0.327. The molecule has 9 heteroatoms. The first kappa shape index (κ1) is 22.5. The number of anilines is 1. The molecule has 0 aliphatic rings. The number of aromatic nitrogens is 2. The fourth-order valence-corrected chi connectivity index (χ4v) is 5.00. The van der Waals surface area contributed by atoms with Crippen LogP contribution in [-0.4, -0.2) is 39.8 Å². The van der Waals surface area contributed by atoms with E-state index in [1.165, 1.54) is 11.3 Å². The number of hydrogen-bond donors (Lipinski definition) is 1. The summed E-state index contributed by atoms with van der Waals surface area (Å²) in [7, 11) is 0. The van der Waals surface area contributed by atoms with Crippen LogP contribution in [0.1, 0.15) is 40.1 Å². The van der Waals surface area contributed by atoms with Gasteiger partial charge in [0.1, 0.15) is 17.2 Å². The van der Waals surface area contributed by atoms with E-state index >= 15 is 0 Å². The Morgan fingerprint density at radius 3 is 2.57 bits per heavy atom. The molecule has 30 heavy (non-hydrogen) atoms. The van der Waals surface area contributed by atoms with Crippen LogP contribution in [0.2, 0.25) is 10.0 Å². The van der Waals surface area contributed by atoms with E-state index in [0.29, 0.717) is 33.0 Å². The van der Waals surface area contributed by atoms with Gasteiger partial charge in [0.15, 0.2) is 0 Å². The molecule has 0 unspecified atom stereocenters. The van der Waals surface area contributed by atoms with Crippen LogP contribution < -0.4 is 5.32 Å². The molecule has 0 aliphatic carbocycles. The Balaban J connectivity index is 1.84. The highest BCUT2D eigenvalue weighted by molar-refractivity contribution is 7.20. The van der Waals surface area contributed by atoms with E-state index in [1.807, 2.05) is 27.7 Å². The molecule has 1 aromatic carbocycles. The molecule has 158 valence electrons. The molecular weight excluding hydrogens is 443 g/mol. The molecule has 3 aromatic rings. The lowest BCUT2D eigenvalue weighted by Gasteiger charge is -2.21. The monoisotopic (exact) mass is 464 g/mol. The summed E-state index contributed by atoms with van der Waals surface area (Å²) in [4.78, 5) is 37.7. The lowest BCUT2D eigenvalue weighted by atomic mass is 10.1. The molecule has 3 rings (SSSR count). The van der Waals surface area contributed by atoms with Crippen molar-refractivity contribution in [2.75, 3.05) is 18.4 Å². The van der Waals surface area contributed by atoms with Crippen molar-refractivity contribution in [3.63, 3.8) is 0 Å². The third kappa shape index (κ3) is 4.74. The van der Waals surface area contributed by atoms with Gasteiger partial charge in [0, 0.05) is 22.6 Å². The van der Waals surface area contributed by atoms with E-state index in [9.17, 15) is 9.59 Å². The Bertz CT molecular complexity index is 1130. The Kier molecular flexibility index (Phi) is 6.95. The maximum Gasteiger partial charge on any atom is 0.264 e. The van der Waals surface area contributed by atoms with Crippen molar-refractivity contribution in [2.24, 2.45) is 0 Å². The lowest BCUT2D eigenvalue weighted by molar-refractivity contribution is -0.116. The van der Waals surface area contributed by atoms with E-state index in [1.54, 1.807) is 23.1 Å². The van der Waals surface area contributed by atoms with Crippen LogP contribution >= 0.6 is 34.5 Å². The van der Waals surface area contributed by atoms with Crippen LogP contribution in [0.5, 0.6) is 0 Å². The summed E-state index contributed by atoms with van der Waals surface area (Å²) < 4.78 is 0. The number of fused-ring (bicyclic) bond motifs is 1. The zero-order valence-corrected chi connectivity index (χ0v) is 19.5. The molecule has 0 fully saturated rings. The van der Waals surface area contributed by atoms with Crippen molar-refractivity contribution >= 4 is 62.3 Å². The smallest absolute Gasteiger partial charge is 0.264 e. The van der Waals surface area contributed by atoms with Gasteiger partial charge >= 0.3 is 0 Å². The maximum atomic E-state index is 13.3. The van der Waals surface area contributed by atoms with Gasteiger partial charge in [0.25, 0.3) is 5.91 Å². The van der Waals surface area contributed by atoms with Crippen LogP contribution in [0.25, 0.3) is 10.2 Å². The Morgan fingerprint density at radius 1 is 1.17 bits per heavy atom. The van der Waals surface area contributed by atoms with E-state index in [2.05, 4.69) is 15.3 Å². The van der Waals surface area contributed by atoms with Gasteiger partial charge < -0.3 is 10.2 Å². The second-order valence-electron chi connectivity index (χ2n) is 6.99. The number of thiophene rings is 1. The van der Waals surface area contributed by atoms with Crippen molar-refractivity contribution in [3.05, 3.63) is 50.2 Å². The summed E-state index contributed by atoms with van der Waals surface area (Å²) in [5, 5.41) is 4.48. The second kappa shape index (κ2) is 9.29. The van der Waals surface area contributed by atoms with Gasteiger partial charge in [0.2, 0.25) is 5.91 Å². The van der Waals surface area contributed by atoms with Crippen LogP contribution in [0.4, 0.5) is 5.69 Å². The number of rotatable bonds is 6. The van der Waals surface area contributed by atoms with E-state index < -0.39 is 0 Å². The fraction of sp³-hybridized carbons (Fsp3) is 0.333. The molecular formula is C21H22Cl2N4O2S.